The fourth-order valence-electron chi connectivity index (χ4n) is 3.17. The van der Waals surface area contributed by atoms with Gasteiger partial charge in [0.25, 0.3) is 34.5 Å². The van der Waals surface area contributed by atoms with Crippen molar-refractivity contribution in [1.82, 2.24) is 9.80 Å². The quantitative estimate of drug-likeness (QED) is 0.355. The van der Waals surface area contributed by atoms with Gasteiger partial charge in [-0.1, -0.05) is 13.3 Å². The zero-order valence-electron chi connectivity index (χ0n) is 16.9. The summed E-state index contributed by atoms with van der Waals surface area (Å²) in [6.45, 7) is 4.38. The van der Waals surface area contributed by atoms with Crippen LogP contribution >= 0.6 is 0 Å². The van der Waals surface area contributed by atoms with E-state index >= 15 is 0 Å². The van der Waals surface area contributed by atoms with Gasteiger partial charge in [0.1, 0.15) is 0 Å². The number of hydrogen-bond donors (Lipinski definition) is 2. The average molecular weight is 426 g/mol. The Morgan fingerprint density at radius 1 is 0.900 bits per heavy atom. The van der Waals surface area contributed by atoms with E-state index in [1.54, 1.807) is 13.8 Å². The van der Waals surface area contributed by atoms with Gasteiger partial charge in [-0.05, 0) is 20.3 Å². The summed E-state index contributed by atoms with van der Waals surface area (Å²) >= 11 is 0. The van der Waals surface area contributed by atoms with E-state index in [4.69, 9.17) is 10.2 Å². The maximum absolute atomic E-state index is 11.6. The number of unbranched alkanes of at least 4 members (excludes halogenated alkanes) is 1. The second-order valence-electron chi connectivity index (χ2n) is 6.72. The van der Waals surface area contributed by atoms with Crippen molar-refractivity contribution >= 4 is 47.1 Å². The lowest BCUT2D eigenvalue weighted by Gasteiger charge is -2.51. The van der Waals surface area contributed by atoms with E-state index in [2.05, 4.69) is 0 Å². The monoisotopic (exact) mass is 426 g/mol. The Hall–Kier alpha value is -3.44. The maximum Gasteiger partial charge on any atom is 0.336 e. The van der Waals surface area contributed by atoms with Crippen LogP contribution in [0.15, 0.2) is 0 Å². The van der Waals surface area contributed by atoms with E-state index in [0.29, 0.717) is 12.8 Å². The molecule has 2 N–H and O–H groups in total. The molecular weight excluding hydrogens is 404 g/mol. The first-order valence-electron chi connectivity index (χ1n) is 9.01. The first-order valence-corrected chi connectivity index (χ1v) is 9.01. The Balaban J connectivity index is 0.000000301. The summed E-state index contributed by atoms with van der Waals surface area (Å²) in [6, 6.07) is 0. The summed E-state index contributed by atoms with van der Waals surface area (Å²) in [5, 5.41) is 17.6. The van der Waals surface area contributed by atoms with Crippen LogP contribution in [0.3, 0.4) is 0 Å². The van der Waals surface area contributed by atoms with Gasteiger partial charge >= 0.3 is 11.9 Å². The molecule has 0 radical (unpaired) electrons. The minimum absolute atomic E-state index is 0.198. The Bertz CT molecular complexity index is 789. The van der Waals surface area contributed by atoms with E-state index in [1.165, 1.54) is 7.05 Å². The van der Waals surface area contributed by atoms with Crippen molar-refractivity contribution < 1.29 is 48.6 Å². The van der Waals surface area contributed by atoms with E-state index in [-0.39, 0.29) is 13.0 Å². The van der Waals surface area contributed by atoms with Crippen LogP contribution in [0.25, 0.3) is 0 Å². The fourth-order valence-corrected chi connectivity index (χ4v) is 3.17. The lowest BCUT2D eigenvalue weighted by molar-refractivity contribution is -0.198. The largest absolute Gasteiger partial charge is 0.480 e. The van der Waals surface area contributed by atoms with Gasteiger partial charge in [-0.25, -0.2) is 0 Å². The highest BCUT2D eigenvalue weighted by molar-refractivity contribution is 6.52. The number of rotatable bonds is 8. The molecule has 12 nitrogen and oxygen atoms in total. The Morgan fingerprint density at radius 3 is 1.63 bits per heavy atom. The van der Waals surface area contributed by atoms with E-state index in [9.17, 15) is 38.4 Å². The van der Waals surface area contributed by atoms with Gasteiger partial charge in [0.2, 0.25) is 0 Å². The van der Waals surface area contributed by atoms with Crippen molar-refractivity contribution in [3.63, 3.8) is 0 Å². The van der Waals surface area contributed by atoms with Gasteiger partial charge < -0.3 is 10.2 Å². The second-order valence-corrected chi connectivity index (χ2v) is 6.72. The number of carboxylic acids is 2. The average Bonchev–Trinajstić information content (AvgIpc) is 2.66. The molecule has 2 fully saturated rings. The molecular formula is C18H22N2O10. The molecule has 0 unspecified atom stereocenters. The topological polar surface area (TPSA) is 183 Å². The number of nitrogens with zero attached hydrogens (tertiary/aromatic N) is 2. The van der Waals surface area contributed by atoms with Crippen LogP contribution in [0, 0.1) is 10.8 Å². The molecule has 2 aliphatic heterocycles. The number of likely N-dealkylation sites (tertiary alicyclic amines) is 2. The summed E-state index contributed by atoms with van der Waals surface area (Å²) < 4.78 is 0. The third-order valence-corrected chi connectivity index (χ3v) is 5.04. The molecule has 0 atom stereocenters. The number of imide groups is 2. The molecule has 2 heterocycles. The second kappa shape index (κ2) is 8.51. The number of amides is 4. The molecule has 0 aromatic carbocycles. The highest BCUT2D eigenvalue weighted by atomic mass is 16.4. The molecule has 0 bridgehead atoms. The molecule has 164 valence electrons. The Kier molecular flexibility index (Phi) is 6.98. The van der Waals surface area contributed by atoms with Crippen LogP contribution in [-0.4, -0.2) is 80.7 Å². The third kappa shape index (κ3) is 3.08. The molecule has 0 saturated carbocycles. The van der Waals surface area contributed by atoms with Gasteiger partial charge in [-0.2, -0.15) is 0 Å². The normalized spacial score (nSPS) is 17.1. The highest BCUT2D eigenvalue weighted by Crippen LogP contribution is 2.43. The molecule has 12 heteroatoms. The number of aliphatic carboxylic acids is 2. The maximum atomic E-state index is 11.6. The standard InChI is InChI=1S/C10H14O6.C8H8N2O4/c1-3-4-5-7(12)10(6(2)11,8(13)14)9(15)16;1-3-10-6(13)8(7(10)14)4(11)9(2)5(8)12/h3-5H2,1-2H3,(H,13,14)(H,15,16);3H2,1-2H3. The smallest absolute Gasteiger partial charge is 0.336 e. The van der Waals surface area contributed by atoms with Crippen molar-refractivity contribution in [1.29, 1.82) is 0 Å². The zero-order chi connectivity index (χ0) is 23.6. The van der Waals surface area contributed by atoms with Gasteiger partial charge in [0.15, 0.2) is 11.6 Å². The summed E-state index contributed by atoms with van der Waals surface area (Å²) in [4.78, 5) is 91.6. The summed E-state index contributed by atoms with van der Waals surface area (Å²) in [7, 11) is 1.26. The van der Waals surface area contributed by atoms with Crippen molar-refractivity contribution in [2.75, 3.05) is 13.6 Å². The molecule has 0 aromatic heterocycles. The molecule has 0 aromatic rings. The van der Waals surface area contributed by atoms with Crippen molar-refractivity contribution in [2.45, 2.75) is 40.0 Å². The minimum atomic E-state index is -2.94. The van der Waals surface area contributed by atoms with Gasteiger partial charge in [0.05, 0.1) is 0 Å². The predicted octanol–water partition coefficient (Wildman–Crippen LogP) is -1.15. The van der Waals surface area contributed by atoms with E-state index < -0.39 is 58.0 Å². The molecule has 0 aliphatic carbocycles. The molecule has 2 rings (SSSR count). The number of hydrogen-bond acceptors (Lipinski definition) is 8. The van der Waals surface area contributed by atoms with E-state index in [1.807, 2.05) is 0 Å². The third-order valence-electron chi connectivity index (χ3n) is 5.04. The number of ketones is 2. The molecule has 30 heavy (non-hydrogen) atoms. The van der Waals surface area contributed by atoms with Crippen LogP contribution in [0.1, 0.15) is 40.0 Å². The molecule has 1 spiro atoms. The van der Waals surface area contributed by atoms with Crippen LogP contribution in [0.5, 0.6) is 0 Å². The van der Waals surface area contributed by atoms with Crippen molar-refractivity contribution in [3.8, 4) is 0 Å². The van der Waals surface area contributed by atoms with Crippen LogP contribution in [0.4, 0.5) is 0 Å². The lowest BCUT2D eigenvalue weighted by atomic mass is 9.69. The first kappa shape index (κ1) is 24.6. The van der Waals surface area contributed by atoms with Gasteiger partial charge in [-0.3, -0.25) is 48.2 Å². The SMILES string of the molecule is CCCCC(=O)C(C(C)=O)(C(=O)O)C(=O)O.CCN1C(=O)C2(C(=O)N(C)C2=O)C1=O. The minimum Gasteiger partial charge on any atom is -0.480 e. The fraction of sp³-hybridized carbons (Fsp3) is 0.556. The van der Waals surface area contributed by atoms with E-state index in [0.717, 1.165) is 16.7 Å². The van der Waals surface area contributed by atoms with Crippen LogP contribution in [0.2, 0.25) is 0 Å². The Labute approximate surface area is 170 Å². The first-order chi connectivity index (χ1) is 13.8. The summed E-state index contributed by atoms with van der Waals surface area (Å²) in [5.74, 6) is -8.86. The van der Waals surface area contributed by atoms with Gasteiger partial charge in [0, 0.05) is 20.0 Å². The van der Waals surface area contributed by atoms with Crippen molar-refractivity contribution in [2.24, 2.45) is 10.8 Å². The summed E-state index contributed by atoms with van der Waals surface area (Å²) in [5.41, 5.74) is -4.92. The zero-order valence-corrected chi connectivity index (χ0v) is 16.9. The number of β-lactam (4-membered cyclic amide) rings is 4. The molecule has 2 saturated heterocycles. The number of Topliss-reactive ketones (excluding diaryl/α,β-unsaturated/α-hetero) is 2. The number of carbonyl (C=O) groups is 8. The molecule has 4 amide bonds. The number of carboxylic acid groups (broad SMARTS) is 2. The number of carbonyl (C=O) groups excluding carboxylic acids is 6. The highest BCUT2D eigenvalue weighted by Gasteiger charge is 2.79. The van der Waals surface area contributed by atoms with Crippen molar-refractivity contribution in [3.05, 3.63) is 0 Å². The predicted molar refractivity (Wildman–Crippen MR) is 95.5 cm³/mol. The summed E-state index contributed by atoms with van der Waals surface area (Å²) in [6.07, 6.45) is 0.738. The van der Waals surface area contributed by atoms with Crippen LogP contribution in [-0.2, 0) is 38.4 Å². The van der Waals surface area contributed by atoms with Gasteiger partial charge in [-0.15, -0.1) is 0 Å². The lowest BCUT2D eigenvalue weighted by Crippen LogP contribution is -2.83. The molecule has 2 aliphatic rings. The Morgan fingerprint density at radius 2 is 1.33 bits per heavy atom. The van der Waals surface area contributed by atoms with Crippen LogP contribution < -0.4 is 0 Å².